The highest BCUT2D eigenvalue weighted by atomic mass is 19.1. The predicted octanol–water partition coefficient (Wildman–Crippen LogP) is 4.08. The van der Waals surface area contributed by atoms with Gasteiger partial charge in [-0.2, -0.15) is 0 Å². The van der Waals surface area contributed by atoms with Crippen molar-refractivity contribution >= 4 is 5.97 Å². The van der Waals surface area contributed by atoms with Crippen LogP contribution in [0.5, 0.6) is 5.75 Å². The molecule has 4 heteroatoms. The highest BCUT2D eigenvalue weighted by molar-refractivity contribution is 5.76. The Labute approximate surface area is 129 Å². The Morgan fingerprint density at radius 3 is 2.64 bits per heavy atom. The summed E-state index contributed by atoms with van der Waals surface area (Å²) < 4.78 is 18.9. The zero-order valence-electron chi connectivity index (χ0n) is 12.7. The SMILES string of the molecule is Cc1cccc(OCCC(C(=O)O)c2cccc(F)c2)c1C. The first-order valence-corrected chi connectivity index (χ1v) is 7.16. The molecule has 2 aromatic carbocycles. The van der Waals surface area contributed by atoms with Crippen LogP contribution in [0.1, 0.15) is 29.0 Å². The number of benzene rings is 2. The Balaban J connectivity index is 2.04. The molecule has 0 saturated heterocycles. The standard InChI is InChI=1S/C18H19FO3/c1-12-5-3-8-17(13(12)2)22-10-9-16(18(20)21)14-6-4-7-15(19)11-14/h3-8,11,16H,9-10H2,1-2H3,(H,20,21). The van der Waals surface area contributed by atoms with Gasteiger partial charge in [-0.15, -0.1) is 0 Å². The summed E-state index contributed by atoms with van der Waals surface area (Å²) in [7, 11) is 0. The fraction of sp³-hybridized carbons (Fsp3) is 0.278. The lowest BCUT2D eigenvalue weighted by Gasteiger charge is -2.15. The highest BCUT2D eigenvalue weighted by Crippen LogP contribution is 2.24. The molecule has 0 aromatic heterocycles. The number of aryl methyl sites for hydroxylation is 1. The van der Waals surface area contributed by atoms with E-state index in [1.165, 1.54) is 18.2 Å². The Kier molecular flexibility index (Phi) is 5.15. The molecule has 3 nitrogen and oxygen atoms in total. The average Bonchev–Trinajstić information content (AvgIpc) is 2.47. The number of rotatable bonds is 6. The number of hydrogen-bond acceptors (Lipinski definition) is 2. The van der Waals surface area contributed by atoms with Gasteiger partial charge in [0, 0.05) is 0 Å². The zero-order valence-corrected chi connectivity index (χ0v) is 12.7. The van der Waals surface area contributed by atoms with E-state index in [1.807, 2.05) is 32.0 Å². The molecule has 0 radical (unpaired) electrons. The Morgan fingerprint density at radius 1 is 1.23 bits per heavy atom. The molecule has 0 amide bonds. The topological polar surface area (TPSA) is 46.5 Å². The maximum absolute atomic E-state index is 13.3. The molecule has 0 aliphatic heterocycles. The van der Waals surface area contributed by atoms with Gasteiger partial charge in [-0.05, 0) is 55.2 Å². The van der Waals surface area contributed by atoms with Crippen molar-refractivity contribution in [1.29, 1.82) is 0 Å². The van der Waals surface area contributed by atoms with Crippen molar-refractivity contribution < 1.29 is 19.0 Å². The minimum atomic E-state index is -0.977. The fourth-order valence-electron chi connectivity index (χ4n) is 2.32. The highest BCUT2D eigenvalue weighted by Gasteiger charge is 2.20. The van der Waals surface area contributed by atoms with Gasteiger partial charge in [0.15, 0.2) is 0 Å². The lowest BCUT2D eigenvalue weighted by molar-refractivity contribution is -0.139. The largest absolute Gasteiger partial charge is 0.493 e. The summed E-state index contributed by atoms with van der Waals surface area (Å²) in [5.74, 6) is -1.43. The molecule has 0 bridgehead atoms. The molecule has 2 rings (SSSR count). The van der Waals surface area contributed by atoms with E-state index in [0.29, 0.717) is 5.56 Å². The Bertz CT molecular complexity index is 667. The zero-order chi connectivity index (χ0) is 16.1. The molecule has 0 fully saturated rings. The van der Waals surface area contributed by atoms with E-state index in [-0.39, 0.29) is 13.0 Å². The molecule has 0 spiro atoms. The first-order valence-electron chi connectivity index (χ1n) is 7.16. The van der Waals surface area contributed by atoms with E-state index in [1.54, 1.807) is 6.07 Å². The van der Waals surface area contributed by atoms with Crippen molar-refractivity contribution in [2.75, 3.05) is 6.61 Å². The van der Waals surface area contributed by atoms with Crippen molar-refractivity contribution in [2.45, 2.75) is 26.2 Å². The summed E-state index contributed by atoms with van der Waals surface area (Å²) in [6.07, 6.45) is 0.284. The summed E-state index contributed by atoms with van der Waals surface area (Å²) in [5.41, 5.74) is 2.62. The van der Waals surface area contributed by atoms with Gasteiger partial charge in [0.1, 0.15) is 11.6 Å². The van der Waals surface area contributed by atoms with Crippen molar-refractivity contribution in [3.05, 3.63) is 65.0 Å². The molecule has 2 aromatic rings. The normalized spacial score (nSPS) is 12.0. The van der Waals surface area contributed by atoms with Crippen LogP contribution in [0.15, 0.2) is 42.5 Å². The maximum atomic E-state index is 13.3. The van der Waals surface area contributed by atoms with Crippen LogP contribution in [-0.4, -0.2) is 17.7 Å². The lowest BCUT2D eigenvalue weighted by Crippen LogP contribution is -2.15. The van der Waals surface area contributed by atoms with Crippen LogP contribution in [0.25, 0.3) is 0 Å². The van der Waals surface area contributed by atoms with Crippen LogP contribution in [0.3, 0.4) is 0 Å². The molecule has 1 N–H and O–H groups in total. The summed E-state index contributed by atoms with van der Waals surface area (Å²) >= 11 is 0. The van der Waals surface area contributed by atoms with Crippen LogP contribution in [-0.2, 0) is 4.79 Å². The first kappa shape index (κ1) is 16.0. The third kappa shape index (κ3) is 3.85. The molecular formula is C18H19FO3. The Morgan fingerprint density at radius 2 is 1.95 bits per heavy atom. The van der Waals surface area contributed by atoms with E-state index in [0.717, 1.165) is 16.9 Å². The van der Waals surface area contributed by atoms with Crippen LogP contribution >= 0.6 is 0 Å². The summed E-state index contributed by atoms with van der Waals surface area (Å²) in [6.45, 7) is 4.22. The number of ether oxygens (including phenoxy) is 1. The van der Waals surface area contributed by atoms with Gasteiger partial charge < -0.3 is 9.84 Å². The molecule has 1 unspecified atom stereocenters. The van der Waals surface area contributed by atoms with Gasteiger partial charge in [-0.1, -0.05) is 24.3 Å². The van der Waals surface area contributed by atoms with E-state index in [4.69, 9.17) is 4.74 Å². The second kappa shape index (κ2) is 7.07. The number of carboxylic acids is 1. The second-order valence-corrected chi connectivity index (χ2v) is 5.28. The lowest BCUT2D eigenvalue weighted by atomic mass is 9.96. The van der Waals surface area contributed by atoms with Gasteiger partial charge in [-0.25, -0.2) is 4.39 Å². The van der Waals surface area contributed by atoms with Crippen molar-refractivity contribution in [3.63, 3.8) is 0 Å². The summed E-state index contributed by atoms with van der Waals surface area (Å²) in [6, 6.07) is 11.5. The number of aliphatic carboxylic acids is 1. The van der Waals surface area contributed by atoms with Gasteiger partial charge in [0.2, 0.25) is 0 Å². The molecule has 116 valence electrons. The summed E-state index contributed by atoms with van der Waals surface area (Å²) in [5, 5.41) is 9.34. The summed E-state index contributed by atoms with van der Waals surface area (Å²) in [4.78, 5) is 11.4. The van der Waals surface area contributed by atoms with E-state index in [2.05, 4.69) is 0 Å². The molecular weight excluding hydrogens is 283 g/mol. The molecule has 1 atom stereocenters. The maximum Gasteiger partial charge on any atom is 0.311 e. The third-order valence-electron chi connectivity index (χ3n) is 3.77. The van der Waals surface area contributed by atoms with Crippen LogP contribution < -0.4 is 4.74 Å². The number of halogens is 1. The van der Waals surface area contributed by atoms with E-state index < -0.39 is 17.7 Å². The average molecular weight is 302 g/mol. The quantitative estimate of drug-likeness (QED) is 0.874. The smallest absolute Gasteiger partial charge is 0.311 e. The van der Waals surface area contributed by atoms with Gasteiger partial charge >= 0.3 is 5.97 Å². The van der Waals surface area contributed by atoms with E-state index >= 15 is 0 Å². The van der Waals surface area contributed by atoms with Crippen molar-refractivity contribution in [2.24, 2.45) is 0 Å². The predicted molar refractivity (Wildman–Crippen MR) is 82.8 cm³/mol. The minimum absolute atomic E-state index is 0.262. The molecule has 0 aliphatic rings. The van der Waals surface area contributed by atoms with Crippen LogP contribution in [0.2, 0.25) is 0 Å². The molecule has 0 aliphatic carbocycles. The second-order valence-electron chi connectivity index (χ2n) is 5.28. The molecule has 22 heavy (non-hydrogen) atoms. The van der Waals surface area contributed by atoms with Gasteiger partial charge in [0.25, 0.3) is 0 Å². The number of carbonyl (C=O) groups is 1. The minimum Gasteiger partial charge on any atom is -0.493 e. The molecule has 0 heterocycles. The van der Waals surface area contributed by atoms with Crippen molar-refractivity contribution in [3.8, 4) is 5.75 Å². The van der Waals surface area contributed by atoms with Crippen LogP contribution in [0.4, 0.5) is 4.39 Å². The monoisotopic (exact) mass is 302 g/mol. The fourth-order valence-corrected chi connectivity index (χ4v) is 2.32. The van der Waals surface area contributed by atoms with Gasteiger partial charge in [-0.3, -0.25) is 4.79 Å². The van der Waals surface area contributed by atoms with E-state index in [9.17, 15) is 14.3 Å². The van der Waals surface area contributed by atoms with Crippen LogP contribution in [0, 0.1) is 19.7 Å². The van der Waals surface area contributed by atoms with Crippen molar-refractivity contribution in [1.82, 2.24) is 0 Å². The van der Waals surface area contributed by atoms with Gasteiger partial charge in [0.05, 0.1) is 12.5 Å². The Hall–Kier alpha value is -2.36. The third-order valence-corrected chi connectivity index (χ3v) is 3.77. The number of hydrogen-bond donors (Lipinski definition) is 1. The molecule has 0 saturated carbocycles. The first-order chi connectivity index (χ1) is 10.5. The number of carboxylic acid groups (broad SMARTS) is 1.